The zero-order chi connectivity index (χ0) is 31.0. The van der Waals surface area contributed by atoms with E-state index in [2.05, 4.69) is 130 Å². The van der Waals surface area contributed by atoms with Crippen LogP contribution in [0.5, 0.6) is 0 Å². The molecule has 212 valence electrons. The van der Waals surface area contributed by atoms with Crippen molar-refractivity contribution in [2.24, 2.45) is 0 Å². The third-order valence-electron chi connectivity index (χ3n) is 8.62. The number of nitrogens with zero attached hydrogens (tertiary/aromatic N) is 4. The lowest BCUT2D eigenvalue weighted by Crippen LogP contribution is -1.92. The third kappa shape index (κ3) is 4.63. The predicted molar refractivity (Wildman–Crippen MR) is 187 cm³/mol. The first-order chi connectivity index (χ1) is 22.7. The molecule has 4 nitrogen and oxygen atoms in total. The summed E-state index contributed by atoms with van der Waals surface area (Å²) < 4.78 is 0. The predicted octanol–water partition coefficient (Wildman–Crippen LogP) is 11.0. The number of rotatable bonds is 4. The molecule has 0 radical (unpaired) electrons. The molecule has 0 atom stereocenters. The summed E-state index contributed by atoms with van der Waals surface area (Å²) in [6, 6.07) is 44.9. The Morgan fingerprint density at radius 2 is 0.957 bits per heavy atom. The number of fused-ring (bicyclic) bond motifs is 3. The summed E-state index contributed by atoms with van der Waals surface area (Å²) in [7, 11) is 0. The number of pyridine rings is 2. The van der Waals surface area contributed by atoms with E-state index in [0.29, 0.717) is 11.3 Å². The van der Waals surface area contributed by atoms with Gasteiger partial charge in [-0.2, -0.15) is 5.26 Å². The second kappa shape index (κ2) is 11.1. The van der Waals surface area contributed by atoms with Gasteiger partial charge < -0.3 is 0 Å². The highest BCUT2D eigenvalue weighted by Crippen LogP contribution is 2.45. The van der Waals surface area contributed by atoms with Gasteiger partial charge in [-0.15, -0.1) is 0 Å². The molecule has 0 aliphatic heterocycles. The maximum Gasteiger partial charge on any atom is 0.205 e. The molecular formula is C42H24N4. The standard InChI is InChI=1S/C42H24N4/c1-44-36-19-35(25-46-26-36)29-12-16-31(17-13-29)42-38-9-5-4-8-37(38)41(39-20-32-6-2-3-7-33(32)21-40(39)42)30-14-10-28(11-15-30)34-18-27(22-43)23-45-24-34/h2-21,23-26H. The van der Waals surface area contributed by atoms with E-state index in [-0.39, 0.29) is 0 Å². The van der Waals surface area contributed by atoms with E-state index in [1.165, 1.54) is 43.4 Å². The molecule has 0 unspecified atom stereocenters. The van der Waals surface area contributed by atoms with Crippen LogP contribution in [0.2, 0.25) is 0 Å². The van der Waals surface area contributed by atoms with E-state index in [0.717, 1.165) is 33.4 Å². The molecule has 0 saturated heterocycles. The lowest BCUT2D eigenvalue weighted by atomic mass is 9.84. The normalized spacial score (nSPS) is 11.0. The van der Waals surface area contributed by atoms with Crippen molar-refractivity contribution in [1.29, 1.82) is 5.26 Å². The molecule has 0 saturated carbocycles. The van der Waals surface area contributed by atoms with Gasteiger partial charge in [0.2, 0.25) is 5.69 Å². The summed E-state index contributed by atoms with van der Waals surface area (Å²) in [4.78, 5) is 12.1. The van der Waals surface area contributed by atoms with Crippen molar-refractivity contribution < 1.29 is 0 Å². The van der Waals surface area contributed by atoms with E-state index in [1.54, 1.807) is 24.8 Å². The summed E-state index contributed by atoms with van der Waals surface area (Å²) in [6.07, 6.45) is 6.77. The molecular weight excluding hydrogens is 560 g/mol. The fourth-order valence-electron chi connectivity index (χ4n) is 6.45. The number of hydrogen-bond acceptors (Lipinski definition) is 3. The minimum Gasteiger partial charge on any atom is -0.276 e. The molecule has 0 bridgehead atoms. The van der Waals surface area contributed by atoms with Crippen molar-refractivity contribution in [3.8, 4) is 50.6 Å². The molecule has 0 amide bonds. The molecule has 4 heteroatoms. The number of hydrogen-bond donors (Lipinski definition) is 0. The molecule has 0 N–H and O–H groups in total. The zero-order valence-electron chi connectivity index (χ0n) is 24.6. The third-order valence-corrected chi connectivity index (χ3v) is 8.62. The molecule has 8 rings (SSSR count). The van der Waals surface area contributed by atoms with Crippen LogP contribution in [0.3, 0.4) is 0 Å². The first kappa shape index (κ1) is 27.0. The number of aromatic nitrogens is 2. The van der Waals surface area contributed by atoms with Gasteiger partial charge in [-0.3, -0.25) is 9.97 Å². The minimum absolute atomic E-state index is 0.529. The van der Waals surface area contributed by atoms with Gasteiger partial charge in [0.1, 0.15) is 6.07 Å². The van der Waals surface area contributed by atoms with Crippen molar-refractivity contribution in [2.45, 2.75) is 0 Å². The summed E-state index contributed by atoms with van der Waals surface area (Å²) in [5, 5.41) is 16.5. The molecule has 2 aromatic heterocycles. The van der Waals surface area contributed by atoms with Crippen LogP contribution in [-0.2, 0) is 0 Å². The quantitative estimate of drug-likeness (QED) is 0.153. The SMILES string of the molecule is [C-]#[N+]c1cncc(-c2ccc(-c3c4ccccc4c(-c4ccc(-c5cncc(C#N)c5)cc4)c4cc5ccccc5cc34)cc2)c1. The van der Waals surface area contributed by atoms with Gasteiger partial charge in [0.15, 0.2) is 0 Å². The second-order valence-electron chi connectivity index (χ2n) is 11.3. The zero-order valence-corrected chi connectivity index (χ0v) is 24.6. The lowest BCUT2D eigenvalue weighted by molar-refractivity contribution is 1.30. The molecule has 6 aromatic carbocycles. The van der Waals surface area contributed by atoms with Gasteiger partial charge in [-0.1, -0.05) is 97.1 Å². The number of nitriles is 1. The van der Waals surface area contributed by atoms with Crippen LogP contribution >= 0.6 is 0 Å². The Hall–Kier alpha value is -6.62. The maximum absolute atomic E-state index is 9.37. The smallest absolute Gasteiger partial charge is 0.205 e. The Labute approximate surface area is 266 Å². The van der Waals surface area contributed by atoms with E-state index >= 15 is 0 Å². The largest absolute Gasteiger partial charge is 0.276 e. The van der Waals surface area contributed by atoms with Crippen LogP contribution in [0.4, 0.5) is 5.69 Å². The van der Waals surface area contributed by atoms with Gasteiger partial charge in [0.25, 0.3) is 0 Å². The molecule has 8 aromatic rings. The average Bonchev–Trinajstić information content (AvgIpc) is 3.13. The Balaban J connectivity index is 1.36. The first-order valence-electron chi connectivity index (χ1n) is 15.0. The van der Waals surface area contributed by atoms with Gasteiger partial charge in [-0.25, -0.2) is 4.85 Å². The van der Waals surface area contributed by atoms with Crippen LogP contribution < -0.4 is 0 Å². The van der Waals surface area contributed by atoms with Crippen molar-refractivity contribution in [2.75, 3.05) is 0 Å². The van der Waals surface area contributed by atoms with Crippen molar-refractivity contribution in [3.05, 3.63) is 163 Å². The molecule has 2 heterocycles. The van der Waals surface area contributed by atoms with E-state index < -0.39 is 0 Å². The van der Waals surface area contributed by atoms with Gasteiger partial charge in [0.05, 0.1) is 12.1 Å². The van der Waals surface area contributed by atoms with Gasteiger partial charge in [0, 0.05) is 30.4 Å². The van der Waals surface area contributed by atoms with Crippen LogP contribution in [0, 0.1) is 17.9 Å². The van der Waals surface area contributed by atoms with Gasteiger partial charge >= 0.3 is 0 Å². The Morgan fingerprint density at radius 3 is 1.48 bits per heavy atom. The minimum atomic E-state index is 0.529. The highest BCUT2D eigenvalue weighted by molar-refractivity contribution is 6.23. The monoisotopic (exact) mass is 584 g/mol. The molecule has 46 heavy (non-hydrogen) atoms. The van der Waals surface area contributed by atoms with Crippen molar-refractivity contribution in [1.82, 2.24) is 9.97 Å². The summed E-state index contributed by atoms with van der Waals surface area (Å²) >= 11 is 0. The van der Waals surface area contributed by atoms with Crippen LogP contribution in [0.1, 0.15) is 5.56 Å². The lowest BCUT2D eigenvalue weighted by Gasteiger charge is -2.19. The van der Waals surface area contributed by atoms with Crippen LogP contribution in [0.25, 0.3) is 81.7 Å². The Kier molecular flexibility index (Phi) is 6.53. The fourth-order valence-corrected chi connectivity index (χ4v) is 6.45. The second-order valence-corrected chi connectivity index (χ2v) is 11.3. The van der Waals surface area contributed by atoms with Crippen LogP contribution in [0.15, 0.2) is 146 Å². The average molecular weight is 585 g/mol. The summed E-state index contributed by atoms with van der Waals surface area (Å²) in [5.41, 5.74) is 9.58. The molecule has 0 spiro atoms. The van der Waals surface area contributed by atoms with E-state index in [9.17, 15) is 5.26 Å². The van der Waals surface area contributed by atoms with Crippen LogP contribution in [-0.4, -0.2) is 9.97 Å². The Bertz CT molecular complexity index is 2360. The molecule has 0 aliphatic carbocycles. The topological polar surface area (TPSA) is 53.9 Å². The van der Waals surface area contributed by atoms with Crippen molar-refractivity contribution >= 4 is 38.0 Å². The van der Waals surface area contributed by atoms with Gasteiger partial charge in [-0.05, 0) is 95.5 Å². The number of benzene rings is 6. The Morgan fingerprint density at radius 1 is 0.478 bits per heavy atom. The highest BCUT2D eigenvalue weighted by atomic mass is 14.7. The molecule has 0 fully saturated rings. The first-order valence-corrected chi connectivity index (χ1v) is 15.0. The highest BCUT2D eigenvalue weighted by Gasteiger charge is 2.18. The summed E-state index contributed by atoms with van der Waals surface area (Å²) in [6.45, 7) is 7.38. The van der Waals surface area contributed by atoms with E-state index in [4.69, 9.17) is 6.57 Å². The maximum atomic E-state index is 9.37. The summed E-state index contributed by atoms with van der Waals surface area (Å²) in [5.74, 6) is 0. The molecule has 0 aliphatic rings. The van der Waals surface area contributed by atoms with Crippen molar-refractivity contribution in [3.63, 3.8) is 0 Å². The fraction of sp³-hybridized carbons (Fsp3) is 0. The van der Waals surface area contributed by atoms with E-state index in [1.807, 2.05) is 12.1 Å².